The highest BCUT2D eigenvalue weighted by molar-refractivity contribution is 6.21. The highest BCUT2D eigenvalue weighted by Crippen LogP contribution is 2.27. The van der Waals surface area contributed by atoms with Gasteiger partial charge in [0.2, 0.25) is 0 Å². The number of aromatic amines is 1. The first-order valence-corrected chi connectivity index (χ1v) is 7.51. The fourth-order valence-electron chi connectivity index (χ4n) is 2.63. The van der Waals surface area contributed by atoms with Gasteiger partial charge in [-0.25, -0.2) is 4.79 Å². The van der Waals surface area contributed by atoms with E-state index >= 15 is 0 Å². The van der Waals surface area contributed by atoms with Gasteiger partial charge in [0, 0.05) is 16.5 Å². The molecule has 0 saturated carbocycles. The van der Waals surface area contributed by atoms with Gasteiger partial charge < -0.3 is 9.72 Å². The van der Waals surface area contributed by atoms with Crippen LogP contribution in [0.1, 0.15) is 38.9 Å². The minimum atomic E-state index is -0.513. The number of ketones is 1. The molecule has 1 heterocycles. The van der Waals surface area contributed by atoms with Gasteiger partial charge in [0.15, 0.2) is 5.78 Å². The summed E-state index contributed by atoms with van der Waals surface area (Å²) in [5.74, 6) is -0.703. The maximum atomic E-state index is 12.9. The molecule has 0 spiro atoms. The van der Waals surface area contributed by atoms with Crippen LogP contribution >= 0.6 is 0 Å². The Hall–Kier alpha value is -2.88. The minimum absolute atomic E-state index is 0.189. The molecule has 0 aliphatic carbocycles. The Morgan fingerprint density at radius 2 is 1.83 bits per heavy atom. The second-order valence-corrected chi connectivity index (χ2v) is 5.34. The van der Waals surface area contributed by atoms with Crippen LogP contribution in [0.4, 0.5) is 0 Å². The van der Waals surface area contributed by atoms with Crippen molar-refractivity contribution in [2.45, 2.75) is 13.8 Å². The first-order valence-electron chi connectivity index (χ1n) is 7.51. The van der Waals surface area contributed by atoms with Crippen LogP contribution in [0.25, 0.3) is 10.9 Å². The van der Waals surface area contributed by atoms with Crippen molar-refractivity contribution >= 4 is 22.7 Å². The Bertz CT molecular complexity index is 878. The Morgan fingerprint density at radius 3 is 2.52 bits per heavy atom. The van der Waals surface area contributed by atoms with Gasteiger partial charge >= 0.3 is 5.97 Å². The number of rotatable bonds is 4. The molecule has 4 heteroatoms. The van der Waals surface area contributed by atoms with E-state index in [1.54, 1.807) is 31.2 Å². The summed E-state index contributed by atoms with van der Waals surface area (Å²) in [6.07, 6.45) is 0. The number of ether oxygens (including phenoxy) is 1. The third kappa shape index (κ3) is 2.75. The summed E-state index contributed by atoms with van der Waals surface area (Å²) >= 11 is 0. The van der Waals surface area contributed by atoms with E-state index in [1.807, 2.05) is 31.2 Å². The summed E-state index contributed by atoms with van der Waals surface area (Å²) < 4.78 is 5.09. The maximum absolute atomic E-state index is 12.9. The molecule has 1 aromatic heterocycles. The van der Waals surface area contributed by atoms with Gasteiger partial charge in [-0.05, 0) is 26.0 Å². The standard InChI is InChI=1S/C19H17NO3/c1-3-23-19(22)17-16(18(21)13-7-5-4-6-8-13)14-11-12(2)9-10-15(14)20-17/h4-11,20H,3H2,1-2H3. The molecule has 0 saturated heterocycles. The van der Waals surface area contributed by atoms with Gasteiger partial charge in [-0.3, -0.25) is 4.79 Å². The Morgan fingerprint density at radius 1 is 1.09 bits per heavy atom. The smallest absolute Gasteiger partial charge is 0.355 e. The average Bonchev–Trinajstić information content (AvgIpc) is 2.94. The molecule has 0 atom stereocenters. The molecule has 3 rings (SSSR count). The van der Waals surface area contributed by atoms with Gasteiger partial charge in [-0.1, -0.05) is 42.0 Å². The van der Waals surface area contributed by atoms with E-state index in [0.717, 1.165) is 16.5 Å². The fraction of sp³-hybridized carbons (Fsp3) is 0.158. The molecule has 0 radical (unpaired) electrons. The number of carbonyl (C=O) groups excluding carboxylic acids is 2. The highest BCUT2D eigenvalue weighted by atomic mass is 16.5. The van der Waals surface area contributed by atoms with Crippen LogP contribution in [0.2, 0.25) is 0 Å². The van der Waals surface area contributed by atoms with Crippen molar-refractivity contribution in [3.8, 4) is 0 Å². The zero-order valence-electron chi connectivity index (χ0n) is 13.1. The fourth-order valence-corrected chi connectivity index (χ4v) is 2.63. The lowest BCUT2D eigenvalue weighted by atomic mass is 9.99. The second kappa shape index (κ2) is 6.08. The Labute approximate surface area is 134 Å². The summed E-state index contributed by atoms with van der Waals surface area (Å²) in [7, 11) is 0. The van der Waals surface area contributed by atoms with Crippen molar-refractivity contribution in [1.29, 1.82) is 0 Å². The SMILES string of the molecule is CCOC(=O)c1[nH]c2ccc(C)cc2c1C(=O)c1ccccc1. The molecule has 0 aliphatic rings. The topological polar surface area (TPSA) is 59.2 Å². The van der Waals surface area contributed by atoms with Crippen LogP contribution in [0, 0.1) is 6.92 Å². The van der Waals surface area contributed by atoms with Gasteiger partial charge in [0.1, 0.15) is 5.69 Å². The number of esters is 1. The quantitative estimate of drug-likeness (QED) is 0.587. The predicted octanol–water partition coefficient (Wildman–Crippen LogP) is 3.88. The van der Waals surface area contributed by atoms with Crippen LogP contribution in [-0.2, 0) is 4.74 Å². The molecule has 23 heavy (non-hydrogen) atoms. The van der Waals surface area contributed by atoms with Crippen molar-refractivity contribution < 1.29 is 14.3 Å². The monoisotopic (exact) mass is 307 g/mol. The van der Waals surface area contributed by atoms with E-state index in [2.05, 4.69) is 4.98 Å². The van der Waals surface area contributed by atoms with E-state index in [0.29, 0.717) is 11.1 Å². The molecular weight excluding hydrogens is 290 g/mol. The number of hydrogen-bond donors (Lipinski definition) is 1. The maximum Gasteiger partial charge on any atom is 0.355 e. The molecule has 0 bridgehead atoms. The number of benzene rings is 2. The van der Waals surface area contributed by atoms with Crippen molar-refractivity contribution in [2.24, 2.45) is 0 Å². The molecule has 116 valence electrons. The molecule has 0 amide bonds. The molecule has 1 N–H and O–H groups in total. The number of aryl methyl sites for hydroxylation is 1. The molecule has 4 nitrogen and oxygen atoms in total. The third-order valence-corrected chi connectivity index (χ3v) is 3.70. The normalized spacial score (nSPS) is 10.7. The molecule has 0 unspecified atom stereocenters. The minimum Gasteiger partial charge on any atom is -0.461 e. The summed E-state index contributed by atoms with van der Waals surface area (Å²) in [5.41, 5.74) is 2.89. The van der Waals surface area contributed by atoms with Crippen LogP contribution in [0.5, 0.6) is 0 Å². The summed E-state index contributed by atoms with van der Waals surface area (Å²) in [5, 5.41) is 0.738. The van der Waals surface area contributed by atoms with E-state index in [1.165, 1.54) is 0 Å². The van der Waals surface area contributed by atoms with Gasteiger partial charge in [-0.15, -0.1) is 0 Å². The van der Waals surface area contributed by atoms with Crippen molar-refractivity contribution in [3.05, 3.63) is 70.9 Å². The van der Waals surface area contributed by atoms with E-state index in [9.17, 15) is 9.59 Å². The van der Waals surface area contributed by atoms with Gasteiger partial charge in [0.25, 0.3) is 0 Å². The van der Waals surface area contributed by atoms with Gasteiger partial charge in [0.05, 0.1) is 12.2 Å². The molecular formula is C19H17NO3. The lowest BCUT2D eigenvalue weighted by molar-refractivity contribution is 0.0518. The summed E-state index contributed by atoms with van der Waals surface area (Å²) in [6, 6.07) is 14.7. The number of nitrogens with one attached hydrogen (secondary N) is 1. The zero-order chi connectivity index (χ0) is 16.4. The Balaban J connectivity index is 2.23. The number of hydrogen-bond acceptors (Lipinski definition) is 3. The largest absolute Gasteiger partial charge is 0.461 e. The number of H-pyrrole nitrogens is 1. The lowest BCUT2D eigenvalue weighted by Gasteiger charge is -2.04. The van der Waals surface area contributed by atoms with Crippen LogP contribution in [0.3, 0.4) is 0 Å². The number of aromatic nitrogens is 1. The second-order valence-electron chi connectivity index (χ2n) is 5.34. The predicted molar refractivity (Wildman–Crippen MR) is 88.9 cm³/mol. The third-order valence-electron chi connectivity index (χ3n) is 3.70. The average molecular weight is 307 g/mol. The Kier molecular flexibility index (Phi) is 3.98. The van der Waals surface area contributed by atoms with Crippen LogP contribution < -0.4 is 0 Å². The first-order chi connectivity index (χ1) is 11.1. The molecule has 0 aliphatic heterocycles. The summed E-state index contributed by atoms with van der Waals surface area (Å²) in [6.45, 7) is 3.95. The van der Waals surface area contributed by atoms with E-state index < -0.39 is 5.97 Å². The highest BCUT2D eigenvalue weighted by Gasteiger charge is 2.24. The first kappa shape index (κ1) is 15.0. The van der Waals surface area contributed by atoms with Crippen molar-refractivity contribution in [1.82, 2.24) is 4.98 Å². The number of fused-ring (bicyclic) bond motifs is 1. The van der Waals surface area contributed by atoms with E-state index in [-0.39, 0.29) is 18.1 Å². The van der Waals surface area contributed by atoms with E-state index in [4.69, 9.17) is 4.74 Å². The van der Waals surface area contributed by atoms with Crippen molar-refractivity contribution in [3.63, 3.8) is 0 Å². The summed E-state index contributed by atoms with van der Waals surface area (Å²) in [4.78, 5) is 28.2. The molecule has 3 aromatic rings. The van der Waals surface area contributed by atoms with Gasteiger partial charge in [-0.2, -0.15) is 0 Å². The van der Waals surface area contributed by atoms with Crippen LogP contribution in [0.15, 0.2) is 48.5 Å². The zero-order valence-corrected chi connectivity index (χ0v) is 13.1. The number of carbonyl (C=O) groups is 2. The lowest BCUT2D eigenvalue weighted by Crippen LogP contribution is -2.12. The van der Waals surface area contributed by atoms with Crippen molar-refractivity contribution in [2.75, 3.05) is 6.61 Å². The molecule has 2 aromatic carbocycles. The van der Waals surface area contributed by atoms with Crippen LogP contribution in [-0.4, -0.2) is 23.3 Å². The molecule has 0 fully saturated rings.